The molecule has 0 amide bonds. The lowest BCUT2D eigenvalue weighted by atomic mass is 9.81. The van der Waals surface area contributed by atoms with Crippen LogP contribution in [-0.2, 0) is 10.8 Å². The molecule has 0 unspecified atom stereocenters. The Morgan fingerprint density at radius 1 is 0.371 bits per heavy atom. The van der Waals surface area contributed by atoms with E-state index in [1.165, 1.54) is 94.3 Å². The van der Waals surface area contributed by atoms with Crippen molar-refractivity contribution in [2.24, 2.45) is 0 Å². The molecule has 2 heteroatoms. The minimum absolute atomic E-state index is 0.0603. The van der Waals surface area contributed by atoms with Gasteiger partial charge in [-0.1, -0.05) is 185 Å². The van der Waals surface area contributed by atoms with Crippen LogP contribution in [0, 0.1) is 0 Å². The predicted octanol–water partition coefficient (Wildman–Crippen LogP) is 16.2. The molecule has 0 spiro atoms. The van der Waals surface area contributed by atoms with Gasteiger partial charge < -0.3 is 9.47 Å². The van der Waals surface area contributed by atoms with Gasteiger partial charge in [0, 0.05) is 49.7 Å². The van der Waals surface area contributed by atoms with Gasteiger partial charge in [-0.3, -0.25) is 0 Å². The normalized spacial score (nSPS) is 14.1. The van der Waals surface area contributed by atoms with Gasteiger partial charge in [0.1, 0.15) is 0 Å². The number of nitrogens with zero attached hydrogens (tertiary/aromatic N) is 2. The Hall–Kier alpha value is -7.42. The second kappa shape index (κ2) is 13.5. The van der Waals surface area contributed by atoms with Gasteiger partial charge >= 0.3 is 0 Å². The van der Waals surface area contributed by atoms with Gasteiger partial charge in [-0.2, -0.15) is 0 Å². The monoisotopic (exact) mass is 794 g/mol. The fourth-order valence-electron chi connectivity index (χ4n) is 11.0. The molecule has 2 nitrogen and oxygen atoms in total. The van der Waals surface area contributed by atoms with E-state index < -0.39 is 0 Å². The van der Waals surface area contributed by atoms with E-state index in [1.807, 2.05) is 0 Å². The number of aromatic nitrogens is 1. The van der Waals surface area contributed by atoms with Crippen LogP contribution in [0.4, 0.5) is 17.1 Å². The summed E-state index contributed by atoms with van der Waals surface area (Å²) < 4.78 is 2.45. The predicted molar refractivity (Wildman–Crippen MR) is 261 cm³/mol. The Morgan fingerprint density at radius 2 is 0.919 bits per heavy atom. The zero-order valence-electron chi connectivity index (χ0n) is 35.5. The average Bonchev–Trinajstić information content (AvgIpc) is 3.87. The molecular formula is C60H46N2. The molecule has 0 radical (unpaired) electrons. The molecule has 296 valence electrons. The second-order valence-corrected chi connectivity index (χ2v) is 18.1. The van der Waals surface area contributed by atoms with Crippen molar-refractivity contribution in [3.8, 4) is 50.2 Å². The lowest BCUT2D eigenvalue weighted by Gasteiger charge is -2.31. The Bertz CT molecular complexity index is 3400. The molecular weight excluding hydrogens is 749 g/mol. The van der Waals surface area contributed by atoms with E-state index in [-0.39, 0.29) is 10.8 Å². The summed E-state index contributed by atoms with van der Waals surface area (Å²) in [4.78, 5) is 2.52. The lowest BCUT2D eigenvalue weighted by molar-refractivity contribution is 0.660. The van der Waals surface area contributed by atoms with E-state index in [4.69, 9.17) is 0 Å². The molecule has 0 atom stereocenters. The van der Waals surface area contributed by atoms with Gasteiger partial charge in [0.05, 0.1) is 22.4 Å². The van der Waals surface area contributed by atoms with Crippen LogP contribution in [0.15, 0.2) is 206 Å². The van der Waals surface area contributed by atoms with Crippen LogP contribution in [0.2, 0.25) is 0 Å². The summed E-state index contributed by atoms with van der Waals surface area (Å²) in [5, 5.41) is 2.49. The van der Waals surface area contributed by atoms with Crippen molar-refractivity contribution < 1.29 is 0 Å². The standard InChI is InChI=1S/C60H46N2/c1-59(2)51-27-13-9-23-49(51)57-52(59)28-17-31-56(57)61(42-35-32-39(33-36-42)40-34-37-44-43-20-8-12-26-50(43)60(3,4)53(44)38-40)54-29-14-10-21-45(54)47-24-16-25-48-46-22-11-15-30-55(46)62(58(47)48)41-18-6-5-7-19-41/h5-38H,1-4H3. The van der Waals surface area contributed by atoms with Gasteiger partial charge in [-0.15, -0.1) is 0 Å². The summed E-state index contributed by atoms with van der Waals surface area (Å²) in [6.07, 6.45) is 0. The number of rotatable bonds is 6. The number of anilines is 3. The average molecular weight is 795 g/mol. The third-order valence-corrected chi connectivity index (χ3v) is 14.0. The summed E-state index contributed by atoms with van der Waals surface area (Å²) in [5.74, 6) is 0. The van der Waals surface area contributed by atoms with Crippen LogP contribution in [0.3, 0.4) is 0 Å². The topological polar surface area (TPSA) is 8.17 Å². The maximum atomic E-state index is 2.52. The highest BCUT2D eigenvalue weighted by molar-refractivity contribution is 6.15. The minimum Gasteiger partial charge on any atom is -0.309 e. The molecule has 1 aromatic heterocycles. The number of hydrogen-bond acceptors (Lipinski definition) is 1. The minimum atomic E-state index is -0.139. The van der Waals surface area contributed by atoms with E-state index in [0.29, 0.717) is 0 Å². The van der Waals surface area contributed by atoms with Crippen LogP contribution in [-0.4, -0.2) is 4.57 Å². The third kappa shape index (κ3) is 5.23. The molecule has 2 aliphatic carbocycles. The highest BCUT2D eigenvalue weighted by Crippen LogP contribution is 2.56. The van der Waals surface area contributed by atoms with Crippen molar-refractivity contribution in [1.82, 2.24) is 4.57 Å². The summed E-state index contributed by atoms with van der Waals surface area (Å²) >= 11 is 0. The van der Waals surface area contributed by atoms with Crippen LogP contribution < -0.4 is 4.90 Å². The van der Waals surface area contributed by atoms with Crippen LogP contribution in [0.1, 0.15) is 49.9 Å². The Balaban J connectivity index is 1.08. The van der Waals surface area contributed by atoms with Crippen molar-refractivity contribution in [1.29, 1.82) is 0 Å². The second-order valence-electron chi connectivity index (χ2n) is 18.1. The van der Waals surface area contributed by atoms with E-state index in [2.05, 4.69) is 243 Å². The SMILES string of the molecule is CC1(C)c2ccccc2-c2ccc(-c3ccc(N(c4ccccc4-c4cccc5c6ccccc6n(-c6ccccc6)c45)c4cccc5c4-c4ccccc4C5(C)C)cc3)cc21. The molecule has 1 heterocycles. The maximum absolute atomic E-state index is 2.52. The first-order valence-corrected chi connectivity index (χ1v) is 21.9. The molecule has 12 rings (SSSR count). The van der Waals surface area contributed by atoms with Crippen molar-refractivity contribution in [2.45, 2.75) is 38.5 Å². The Morgan fingerprint density at radius 3 is 1.73 bits per heavy atom. The number of para-hydroxylation sites is 4. The largest absolute Gasteiger partial charge is 0.309 e. The molecule has 0 fully saturated rings. The van der Waals surface area contributed by atoms with Crippen LogP contribution in [0.5, 0.6) is 0 Å². The Kier molecular flexibility index (Phi) is 7.96. The summed E-state index contributed by atoms with van der Waals surface area (Å²) in [6.45, 7) is 9.46. The van der Waals surface area contributed by atoms with E-state index in [9.17, 15) is 0 Å². The van der Waals surface area contributed by atoms with Gasteiger partial charge in [-0.05, 0) is 98.6 Å². The quantitative estimate of drug-likeness (QED) is 0.163. The van der Waals surface area contributed by atoms with Gasteiger partial charge in [-0.25, -0.2) is 0 Å². The van der Waals surface area contributed by atoms with E-state index in [0.717, 1.165) is 17.1 Å². The first kappa shape index (κ1) is 36.4. The van der Waals surface area contributed by atoms with E-state index in [1.54, 1.807) is 0 Å². The van der Waals surface area contributed by atoms with Gasteiger partial charge in [0.25, 0.3) is 0 Å². The molecule has 2 aliphatic rings. The van der Waals surface area contributed by atoms with Gasteiger partial charge in [0.15, 0.2) is 0 Å². The van der Waals surface area contributed by atoms with Crippen molar-refractivity contribution in [2.75, 3.05) is 4.90 Å². The molecule has 9 aromatic carbocycles. The van der Waals surface area contributed by atoms with Crippen molar-refractivity contribution >= 4 is 38.9 Å². The summed E-state index contributed by atoms with van der Waals surface area (Å²) in [5.41, 5.74) is 22.4. The first-order chi connectivity index (χ1) is 30.3. The number of benzene rings is 9. The highest BCUT2D eigenvalue weighted by Gasteiger charge is 2.38. The smallest absolute Gasteiger partial charge is 0.0620 e. The fraction of sp³-hybridized carbons (Fsp3) is 0.100. The zero-order valence-corrected chi connectivity index (χ0v) is 35.5. The zero-order chi connectivity index (χ0) is 41.7. The fourth-order valence-corrected chi connectivity index (χ4v) is 11.0. The van der Waals surface area contributed by atoms with E-state index >= 15 is 0 Å². The lowest BCUT2D eigenvalue weighted by Crippen LogP contribution is -2.16. The van der Waals surface area contributed by atoms with Crippen LogP contribution >= 0.6 is 0 Å². The molecule has 0 saturated heterocycles. The molecule has 0 saturated carbocycles. The van der Waals surface area contributed by atoms with Crippen molar-refractivity contribution in [3.63, 3.8) is 0 Å². The first-order valence-electron chi connectivity index (χ1n) is 21.9. The molecule has 0 aliphatic heterocycles. The molecule has 10 aromatic rings. The molecule has 62 heavy (non-hydrogen) atoms. The summed E-state index contributed by atoms with van der Waals surface area (Å²) in [6, 6.07) is 76.6. The molecule has 0 N–H and O–H groups in total. The van der Waals surface area contributed by atoms with Crippen LogP contribution in [0.25, 0.3) is 72.0 Å². The third-order valence-electron chi connectivity index (χ3n) is 14.0. The number of fused-ring (bicyclic) bond motifs is 9. The number of hydrogen-bond donors (Lipinski definition) is 0. The molecule has 0 bridgehead atoms. The summed E-state index contributed by atoms with van der Waals surface area (Å²) in [7, 11) is 0. The van der Waals surface area contributed by atoms with Gasteiger partial charge in [0.2, 0.25) is 0 Å². The Labute approximate surface area is 364 Å². The van der Waals surface area contributed by atoms with Crippen molar-refractivity contribution in [3.05, 3.63) is 229 Å². The highest BCUT2D eigenvalue weighted by atomic mass is 15.1. The maximum Gasteiger partial charge on any atom is 0.0620 e.